The third-order valence-corrected chi connectivity index (χ3v) is 4.73. The Bertz CT molecular complexity index is 555. The van der Waals surface area contributed by atoms with Crippen molar-refractivity contribution in [3.63, 3.8) is 0 Å². The molecule has 1 saturated heterocycles. The fraction of sp³-hybridized carbons (Fsp3) is 0.600. The summed E-state index contributed by atoms with van der Waals surface area (Å²) in [6.07, 6.45) is 2.47. The lowest BCUT2D eigenvalue weighted by Gasteiger charge is -2.35. The van der Waals surface area contributed by atoms with E-state index in [-0.39, 0.29) is 29.2 Å². The van der Waals surface area contributed by atoms with Crippen molar-refractivity contribution in [2.24, 2.45) is 5.41 Å². The molecule has 0 saturated carbocycles. The minimum Gasteiger partial charge on any atom is -0.353 e. The summed E-state index contributed by atoms with van der Waals surface area (Å²) in [5.41, 5.74) is 0.723. The van der Waals surface area contributed by atoms with Crippen molar-refractivity contribution in [1.29, 1.82) is 0 Å². The van der Waals surface area contributed by atoms with Crippen LogP contribution in [-0.2, 0) is 9.59 Å². The molecular weight excluding hydrogens is 300 g/mol. The van der Waals surface area contributed by atoms with Gasteiger partial charge < -0.3 is 10.2 Å². The third kappa shape index (κ3) is 4.59. The topological polar surface area (TPSA) is 49.4 Å². The first-order valence-electron chi connectivity index (χ1n) is 8.97. The van der Waals surface area contributed by atoms with Crippen LogP contribution in [0.3, 0.4) is 0 Å². The fourth-order valence-corrected chi connectivity index (χ4v) is 3.10. The zero-order valence-electron chi connectivity index (χ0n) is 15.3. The Balaban J connectivity index is 1.91. The highest BCUT2D eigenvalue weighted by Gasteiger charge is 2.30. The number of hydrogen-bond acceptors (Lipinski definition) is 2. The SMILES string of the molecule is CC[C@@H](C(=O)N1CCC(NC(=O)C(C)(C)C)CC1)c1ccccc1. The number of carbonyl (C=O) groups is 2. The van der Waals surface area contributed by atoms with Crippen molar-refractivity contribution in [3.05, 3.63) is 35.9 Å². The second kappa shape index (κ2) is 7.82. The maximum atomic E-state index is 12.9. The molecule has 4 heteroatoms. The van der Waals surface area contributed by atoms with Crippen molar-refractivity contribution in [2.45, 2.75) is 58.9 Å². The number of nitrogens with zero attached hydrogens (tertiary/aromatic N) is 1. The summed E-state index contributed by atoms with van der Waals surface area (Å²) in [4.78, 5) is 26.9. The standard InChI is InChI=1S/C20H30N2O2/c1-5-17(15-9-7-6-8-10-15)18(23)22-13-11-16(12-14-22)21-19(24)20(2,3)4/h6-10,16-17H,5,11-14H2,1-4H3,(H,21,24)/t17-/m1/s1. The maximum absolute atomic E-state index is 12.9. The average Bonchev–Trinajstić information content (AvgIpc) is 2.56. The number of hydrogen-bond donors (Lipinski definition) is 1. The van der Waals surface area contributed by atoms with E-state index in [0.29, 0.717) is 0 Å². The summed E-state index contributed by atoms with van der Waals surface area (Å²) in [5, 5.41) is 3.12. The molecule has 0 unspecified atom stereocenters. The molecule has 2 rings (SSSR count). The van der Waals surface area contributed by atoms with E-state index in [4.69, 9.17) is 0 Å². The Hall–Kier alpha value is -1.84. The normalized spacial score (nSPS) is 17.4. The highest BCUT2D eigenvalue weighted by Crippen LogP contribution is 2.24. The molecular formula is C20H30N2O2. The summed E-state index contributed by atoms with van der Waals surface area (Å²) in [5.74, 6) is 0.235. The molecule has 1 heterocycles. The third-order valence-electron chi connectivity index (χ3n) is 4.73. The Kier molecular flexibility index (Phi) is 6.03. The van der Waals surface area contributed by atoms with Crippen LogP contribution in [-0.4, -0.2) is 35.8 Å². The van der Waals surface area contributed by atoms with Crippen molar-refractivity contribution in [2.75, 3.05) is 13.1 Å². The second-order valence-electron chi connectivity index (χ2n) is 7.69. The van der Waals surface area contributed by atoms with E-state index in [0.717, 1.165) is 37.9 Å². The first-order chi connectivity index (χ1) is 11.3. The number of carbonyl (C=O) groups excluding carboxylic acids is 2. The fourth-order valence-electron chi connectivity index (χ4n) is 3.10. The van der Waals surface area contributed by atoms with Crippen LogP contribution in [0.4, 0.5) is 0 Å². The zero-order chi connectivity index (χ0) is 17.7. The van der Waals surface area contributed by atoms with E-state index >= 15 is 0 Å². The van der Waals surface area contributed by atoms with E-state index in [2.05, 4.69) is 12.2 Å². The van der Waals surface area contributed by atoms with Gasteiger partial charge in [0.1, 0.15) is 0 Å². The van der Waals surface area contributed by atoms with Gasteiger partial charge in [0.15, 0.2) is 0 Å². The van der Waals surface area contributed by atoms with E-state index in [1.807, 2.05) is 56.0 Å². The molecule has 0 aliphatic carbocycles. The molecule has 1 aliphatic heterocycles. The molecule has 132 valence electrons. The van der Waals surface area contributed by atoms with Gasteiger partial charge in [-0.3, -0.25) is 9.59 Å². The van der Waals surface area contributed by atoms with Crippen LogP contribution < -0.4 is 5.32 Å². The van der Waals surface area contributed by atoms with Gasteiger partial charge in [0.05, 0.1) is 5.92 Å². The molecule has 4 nitrogen and oxygen atoms in total. The van der Waals surface area contributed by atoms with E-state index < -0.39 is 0 Å². The van der Waals surface area contributed by atoms with Gasteiger partial charge in [-0.15, -0.1) is 0 Å². The Morgan fingerprint density at radius 2 is 1.75 bits per heavy atom. The monoisotopic (exact) mass is 330 g/mol. The predicted octanol–water partition coefficient (Wildman–Crippen LogP) is 3.33. The van der Waals surface area contributed by atoms with Gasteiger partial charge in [-0.1, -0.05) is 58.0 Å². The second-order valence-corrected chi connectivity index (χ2v) is 7.69. The van der Waals surface area contributed by atoms with Crippen LogP contribution in [0.2, 0.25) is 0 Å². The Morgan fingerprint density at radius 3 is 2.25 bits per heavy atom. The van der Waals surface area contributed by atoms with Gasteiger partial charge in [-0.2, -0.15) is 0 Å². The molecule has 1 aromatic carbocycles. The number of rotatable bonds is 4. The van der Waals surface area contributed by atoms with Crippen molar-refractivity contribution in [1.82, 2.24) is 10.2 Å². The van der Waals surface area contributed by atoms with E-state index in [1.165, 1.54) is 0 Å². The molecule has 0 spiro atoms. The highest BCUT2D eigenvalue weighted by atomic mass is 16.2. The van der Waals surface area contributed by atoms with E-state index in [9.17, 15) is 9.59 Å². The molecule has 1 aromatic rings. The van der Waals surface area contributed by atoms with Crippen LogP contribution in [0.1, 0.15) is 58.4 Å². The first-order valence-corrected chi connectivity index (χ1v) is 8.97. The largest absolute Gasteiger partial charge is 0.353 e. The Morgan fingerprint density at radius 1 is 1.17 bits per heavy atom. The quantitative estimate of drug-likeness (QED) is 0.920. The number of amides is 2. The predicted molar refractivity (Wildman–Crippen MR) is 96.7 cm³/mol. The van der Waals surface area contributed by atoms with Gasteiger partial charge in [0, 0.05) is 24.5 Å². The summed E-state index contributed by atoms with van der Waals surface area (Å²) in [6, 6.07) is 10.2. The molecule has 2 amide bonds. The summed E-state index contributed by atoms with van der Waals surface area (Å²) >= 11 is 0. The van der Waals surface area contributed by atoms with Crippen LogP contribution in [0, 0.1) is 5.41 Å². The van der Waals surface area contributed by atoms with Crippen LogP contribution in [0.25, 0.3) is 0 Å². The molecule has 1 N–H and O–H groups in total. The van der Waals surface area contributed by atoms with Crippen molar-refractivity contribution in [3.8, 4) is 0 Å². The molecule has 24 heavy (non-hydrogen) atoms. The lowest BCUT2D eigenvalue weighted by atomic mass is 9.92. The van der Waals surface area contributed by atoms with Gasteiger partial charge in [-0.05, 0) is 24.8 Å². The summed E-state index contributed by atoms with van der Waals surface area (Å²) in [6.45, 7) is 9.27. The molecule has 0 aromatic heterocycles. The highest BCUT2D eigenvalue weighted by molar-refractivity contribution is 5.84. The maximum Gasteiger partial charge on any atom is 0.230 e. The number of benzene rings is 1. The lowest BCUT2D eigenvalue weighted by Crippen LogP contribution is -2.49. The summed E-state index contributed by atoms with van der Waals surface area (Å²) < 4.78 is 0. The number of piperidine rings is 1. The molecule has 1 atom stereocenters. The van der Waals surface area contributed by atoms with Crippen LogP contribution in [0.15, 0.2) is 30.3 Å². The number of likely N-dealkylation sites (tertiary alicyclic amines) is 1. The van der Waals surface area contributed by atoms with Crippen LogP contribution in [0.5, 0.6) is 0 Å². The minimum atomic E-state index is -0.367. The van der Waals surface area contributed by atoms with Gasteiger partial charge in [0.25, 0.3) is 0 Å². The van der Waals surface area contributed by atoms with Gasteiger partial charge >= 0.3 is 0 Å². The van der Waals surface area contributed by atoms with Gasteiger partial charge in [0.2, 0.25) is 11.8 Å². The van der Waals surface area contributed by atoms with Crippen molar-refractivity contribution < 1.29 is 9.59 Å². The zero-order valence-corrected chi connectivity index (χ0v) is 15.3. The first kappa shape index (κ1) is 18.5. The van der Waals surface area contributed by atoms with E-state index in [1.54, 1.807) is 0 Å². The lowest BCUT2D eigenvalue weighted by molar-refractivity contribution is -0.134. The average molecular weight is 330 g/mol. The minimum absolute atomic E-state index is 0.0630. The van der Waals surface area contributed by atoms with Gasteiger partial charge in [-0.25, -0.2) is 0 Å². The molecule has 1 fully saturated rings. The molecule has 1 aliphatic rings. The Labute approximate surface area is 145 Å². The van der Waals surface area contributed by atoms with Crippen LogP contribution >= 0.6 is 0 Å². The molecule has 0 radical (unpaired) electrons. The smallest absolute Gasteiger partial charge is 0.230 e. The number of nitrogens with one attached hydrogen (secondary N) is 1. The van der Waals surface area contributed by atoms with Crippen molar-refractivity contribution >= 4 is 11.8 Å². The molecule has 0 bridgehead atoms. The summed E-state index contributed by atoms with van der Waals surface area (Å²) in [7, 11) is 0.